The van der Waals surface area contributed by atoms with E-state index in [1.165, 1.54) is 12.1 Å². The highest BCUT2D eigenvalue weighted by Gasteiger charge is 2.76. The van der Waals surface area contributed by atoms with E-state index in [-0.39, 0.29) is 16.8 Å². The molecule has 3 fully saturated rings. The molecule has 0 aromatic heterocycles. The first-order valence-electron chi connectivity index (χ1n) is 10.2. The predicted octanol–water partition coefficient (Wildman–Crippen LogP) is 2.88. The number of ketones is 2. The summed E-state index contributed by atoms with van der Waals surface area (Å²) in [5.74, 6) is -4.48. The number of anilines is 1. The molecule has 2 aromatic carbocycles. The Morgan fingerprint density at radius 1 is 0.968 bits per heavy atom. The first-order chi connectivity index (χ1) is 14.9. The normalized spacial score (nSPS) is 28.6. The zero-order chi connectivity index (χ0) is 21.7. The fraction of sp³-hybridized carbons (Fsp3) is 0.304. The second kappa shape index (κ2) is 6.08. The largest absolute Gasteiger partial charge is 0.291 e. The van der Waals surface area contributed by atoms with Crippen molar-refractivity contribution >= 4 is 40.7 Å². The summed E-state index contributed by atoms with van der Waals surface area (Å²) in [6.45, 7) is 0.478. The van der Waals surface area contributed by atoms with Crippen LogP contribution in [-0.2, 0) is 9.59 Å². The average Bonchev–Trinajstić information content (AvgIpc) is 3.45. The number of carbonyl (C=O) groups is 4. The Bertz CT molecular complexity index is 1190. The zero-order valence-electron chi connectivity index (χ0n) is 16.2. The Hall–Kier alpha value is -2.90. The summed E-state index contributed by atoms with van der Waals surface area (Å²) in [6.07, 6.45) is 1.35. The van der Waals surface area contributed by atoms with Crippen molar-refractivity contribution in [2.24, 2.45) is 11.8 Å². The fourth-order valence-electron chi connectivity index (χ4n) is 6.12. The smallest absolute Gasteiger partial charge is 0.240 e. The standard InChI is InChI=1S/C23H16ClFN2O4/c24-14-10-11(7-8-15(14)25)27-21(30)17-16-6-3-9-26(16)23(18(17)22(27)31)19(28)12-4-1-2-5-13(12)20(23)29/h1-2,4-5,7-8,10,16-18H,3,6,9H2. The number of halogens is 2. The minimum atomic E-state index is -1.69. The predicted molar refractivity (Wildman–Crippen MR) is 108 cm³/mol. The number of hydrogen-bond acceptors (Lipinski definition) is 5. The molecule has 0 saturated carbocycles. The van der Waals surface area contributed by atoms with Crippen molar-refractivity contribution in [3.05, 3.63) is 64.4 Å². The van der Waals surface area contributed by atoms with Gasteiger partial charge in [-0.1, -0.05) is 35.9 Å². The number of Topliss-reactive ketones (excluding diaryl/α,β-unsaturated/α-hetero) is 2. The van der Waals surface area contributed by atoms with Gasteiger partial charge in [0.1, 0.15) is 5.82 Å². The van der Waals surface area contributed by atoms with E-state index in [4.69, 9.17) is 11.6 Å². The van der Waals surface area contributed by atoms with Crippen LogP contribution in [0.25, 0.3) is 0 Å². The van der Waals surface area contributed by atoms with Gasteiger partial charge in [0.25, 0.3) is 0 Å². The molecule has 31 heavy (non-hydrogen) atoms. The first kappa shape index (κ1) is 18.8. The SMILES string of the molecule is O=C1C2C3CCCN3C3(C(=O)c4ccccc4C3=O)C2C(=O)N1c1ccc(F)c(Cl)c1. The molecule has 2 amide bonds. The molecule has 1 spiro atoms. The topological polar surface area (TPSA) is 74.8 Å². The quantitative estimate of drug-likeness (QED) is 0.505. The lowest BCUT2D eigenvalue weighted by Crippen LogP contribution is -2.59. The molecule has 6 nitrogen and oxygen atoms in total. The molecule has 6 rings (SSSR count). The summed E-state index contributed by atoms with van der Waals surface area (Å²) in [5, 5.41) is -0.215. The Balaban J connectivity index is 1.54. The monoisotopic (exact) mass is 438 g/mol. The van der Waals surface area contributed by atoms with Crippen LogP contribution in [0.4, 0.5) is 10.1 Å². The third-order valence-electron chi connectivity index (χ3n) is 7.24. The molecule has 0 radical (unpaired) electrons. The highest BCUT2D eigenvalue weighted by molar-refractivity contribution is 6.38. The summed E-state index contributed by atoms with van der Waals surface area (Å²) in [5.41, 5.74) is -0.962. The number of rotatable bonds is 1. The van der Waals surface area contributed by atoms with Crippen molar-refractivity contribution in [2.45, 2.75) is 24.4 Å². The molecular formula is C23H16ClFN2O4. The van der Waals surface area contributed by atoms with E-state index >= 15 is 0 Å². The van der Waals surface area contributed by atoms with Gasteiger partial charge in [-0.15, -0.1) is 0 Å². The van der Waals surface area contributed by atoms with Crippen LogP contribution in [0.5, 0.6) is 0 Å². The molecular weight excluding hydrogens is 423 g/mol. The lowest BCUT2D eigenvalue weighted by atomic mass is 9.76. The number of fused-ring (bicyclic) bond motifs is 6. The first-order valence-corrected chi connectivity index (χ1v) is 10.5. The number of amides is 2. The molecule has 156 valence electrons. The van der Waals surface area contributed by atoms with Gasteiger partial charge in [0.05, 0.1) is 22.5 Å². The average molecular weight is 439 g/mol. The van der Waals surface area contributed by atoms with Gasteiger partial charge in [-0.3, -0.25) is 24.1 Å². The van der Waals surface area contributed by atoms with Crippen LogP contribution in [0.15, 0.2) is 42.5 Å². The van der Waals surface area contributed by atoms with Crippen molar-refractivity contribution in [3.8, 4) is 0 Å². The third-order valence-corrected chi connectivity index (χ3v) is 7.53. The number of carbonyl (C=O) groups excluding carboxylic acids is 4. The van der Waals surface area contributed by atoms with Gasteiger partial charge in [0, 0.05) is 17.2 Å². The maximum absolute atomic E-state index is 13.7. The summed E-state index contributed by atoms with van der Waals surface area (Å²) in [7, 11) is 0. The van der Waals surface area contributed by atoms with Gasteiger partial charge in [0.15, 0.2) is 17.1 Å². The molecule has 4 aliphatic rings. The zero-order valence-corrected chi connectivity index (χ0v) is 16.9. The molecule has 1 aliphatic carbocycles. The highest BCUT2D eigenvalue weighted by Crippen LogP contribution is 2.57. The Kier molecular flexibility index (Phi) is 3.69. The van der Waals surface area contributed by atoms with Crippen LogP contribution in [-0.4, -0.2) is 46.4 Å². The van der Waals surface area contributed by atoms with E-state index in [0.29, 0.717) is 24.1 Å². The second-order valence-electron chi connectivity index (χ2n) is 8.49. The van der Waals surface area contributed by atoms with Gasteiger partial charge < -0.3 is 0 Å². The Morgan fingerprint density at radius 2 is 1.65 bits per heavy atom. The fourth-order valence-corrected chi connectivity index (χ4v) is 6.29. The number of imide groups is 1. The summed E-state index contributed by atoms with van der Waals surface area (Å²) >= 11 is 5.88. The summed E-state index contributed by atoms with van der Waals surface area (Å²) in [6, 6.07) is 9.82. The van der Waals surface area contributed by atoms with Crippen molar-refractivity contribution in [1.29, 1.82) is 0 Å². The lowest BCUT2D eigenvalue weighted by Gasteiger charge is -2.35. The molecule has 8 heteroatoms. The van der Waals surface area contributed by atoms with Crippen molar-refractivity contribution in [2.75, 3.05) is 11.4 Å². The highest BCUT2D eigenvalue weighted by atomic mass is 35.5. The molecule has 3 unspecified atom stereocenters. The number of nitrogens with zero attached hydrogens (tertiary/aromatic N) is 2. The summed E-state index contributed by atoms with van der Waals surface area (Å²) in [4.78, 5) is 57.3. The van der Waals surface area contributed by atoms with E-state index < -0.39 is 46.6 Å². The third kappa shape index (κ3) is 2.06. The molecule has 3 heterocycles. The van der Waals surface area contributed by atoms with Crippen LogP contribution < -0.4 is 4.90 Å². The van der Waals surface area contributed by atoms with Gasteiger partial charge in [-0.05, 0) is 37.6 Å². The Labute approximate surface area is 181 Å². The van der Waals surface area contributed by atoms with E-state index in [2.05, 4.69) is 0 Å². The number of hydrogen-bond donors (Lipinski definition) is 0. The van der Waals surface area contributed by atoms with Crippen molar-refractivity contribution in [1.82, 2.24) is 4.90 Å². The van der Waals surface area contributed by atoms with E-state index in [9.17, 15) is 23.6 Å². The maximum Gasteiger partial charge on any atom is 0.240 e. The van der Waals surface area contributed by atoms with Crippen LogP contribution in [0.3, 0.4) is 0 Å². The van der Waals surface area contributed by atoms with E-state index in [1.54, 1.807) is 29.2 Å². The van der Waals surface area contributed by atoms with Crippen LogP contribution in [0.1, 0.15) is 33.6 Å². The van der Waals surface area contributed by atoms with E-state index in [1.807, 2.05) is 0 Å². The van der Waals surface area contributed by atoms with Crippen LogP contribution >= 0.6 is 11.6 Å². The minimum absolute atomic E-state index is 0.144. The Morgan fingerprint density at radius 3 is 2.29 bits per heavy atom. The molecule has 3 aliphatic heterocycles. The molecule has 3 atom stereocenters. The van der Waals surface area contributed by atoms with Crippen molar-refractivity contribution in [3.63, 3.8) is 0 Å². The van der Waals surface area contributed by atoms with Crippen LogP contribution in [0, 0.1) is 17.7 Å². The van der Waals surface area contributed by atoms with Crippen LogP contribution in [0.2, 0.25) is 5.02 Å². The van der Waals surface area contributed by atoms with E-state index in [0.717, 1.165) is 17.4 Å². The van der Waals surface area contributed by atoms with Gasteiger partial charge >= 0.3 is 0 Å². The molecule has 2 aromatic rings. The maximum atomic E-state index is 13.7. The lowest BCUT2D eigenvalue weighted by molar-refractivity contribution is -0.124. The van der Waals surface area contributed by atoms with Gasteiger partial charge in [0.2, 0.25) is 11.8 Å². The molecule has 0 bridgehead atoms. The minimum Gasteiger partial charge on any atom is -0.291 e. The van der Waals surface area contributed by atoms with Gasteiger partial charge in [-0.2, -0.15) is 0 Å². The molecule has 0 N–H and O–H groups in total. The molecule has 3 saturated heterocycles. The van der Waals surface area contributed by atoms with Crippen molar-refractivity contribution < 1.29 is 23.6 Å². The second-order valence-corrected chi connectivity index (χ2v) is 8.89. The summed E-state index contributed by atoms with van der Waals surface area (Å²) < 4.78 is 13.7. The number of benzene rings is 2. The van der Waals surface area contributed by atoms with Gasteiger partial charge in [-0.25, -0.2) is 9.29 Å².